The van der Waals surface area contributed by atoms with Crippen molar-refractivity contribution in [3.63, 3.8) is 0 Å². The van der Waals surface area contributed by atoms with E-state index < -0.39 is 0 Å². The molecular formula is C7H19N. The molecule has 0 aromatic heterocycles. The molecule has 0 aliphatic heterocycles. The van der Waals surface area contributed by atoms with Crippen molar-refractivity contribution >= 4 is 0 Å². The van der Waals surface area contributed by atoms with Gasteiger partial charge in [0.05, 0.1) is 0 Å². The van der Waals surface area contributed by atoms with Gasteiger partial charge < -0.3 is 5.73 Å². The Balaban J connectivity index is 0. The van der Waals surface area contributed by atoms with Gasteiger partial charge in [0.2, 0.25) is 0 Å². The van der Waals surface area contributed by atoms with Gasteiger partial charge in [-0.3, -0.25) is 0 Å². The monoisotopic (exact) mass is 117 g/mol. The third kappa shape index (κ3) is 16.7. The molecule has 52 valence electrons. The zero-order valence-corrected chi connectivity index (χ0v) is 6.78. The molecule has 1 heteroatoms. The second kappa shape index (κ2) is 5.10. The minimum absolute atomic E-state index is 0.319. The van der Waals surface area contributed by atoms with Gasteiger partial charge in [-0.2, -0.15) is 0 Å². The van der Waals surface area contributed by atoms with Gasteiger partial charge >= 0.3 is 0 Å². The minimum atomic E-state index is 0.319. The van der Waals surface area contributed by atoms with Crippen LogP contribution in [0.25, 0.3) is 0 Å². The third-order valence-electron chi connectivity index (χ3n) is 0.612. The highest BCUT2D eigenvalue weighted by Gasteiger charge is 2.03. The van der Waals surface area contributed by atoms with Crippen molar-refractivity contribution < 1.29 is 0 Å². The quantitative estimate of drug-likeness (QED) is 0.516. The van der Waals surface area contributed by atoms with Gasteiger partial charge in [-0.25, -0.2) is 0 Å². The summed E-state index contributed by atoms with van der Waals surface area (Å²) in [5.74, 6) is 0. The molecule has 0 radical (unpaired) electrons. The van der Waals surface area contributed by atoms with Crippen molar-refractivity contribution in [2.75, 3.05) is 6.54 Å². The van der Waals surface area contributed by atoms with E-state index in [2.05, 4.69) is 20.8 Å². The molecule has 0 heterocycles. The molecule has 2 N–H and O–H groups in total. The molecule has 0 saturated heterocycles. The van der Waals surface area contributed by atoms with Gasteiger partial charge in [0.1, 0.15) is 0 Å². The summed E-state index contributed by atoms with van der Waals surface area (Å²) in [5.41, 5.74) is 5.62. The minimum Gasteiger partial charge on any atom is -0.330 e. The Kier molecular flexibility index (Phi) is 6.93. The average molecular weight is 117 g/mol. The first-order chi connectivity index (χ1) is 3.56. The summed E-state index contributed by atoms with van der Waals surface area (Å²) < 4.78 is 0. The van der Waals surface area contributed by atoms with Crippen molar-refractivity contribution in [1.29, 1.82) is 0 Å². The Morgan fingerprint density at radius 3 is 1.25 bits per heavy atom. The molecule has 0 bridgehead atoms. The van der Waals surface area contributed by atoms with E-state index in [1.54, 1.807) is 0 Å². The molecule has 0 spiro atoms. The molecule has 0 fully saturated rings. The van der Waals surface area contributed by atoms with Crippen molar-refractivity contribution in [2.45, 2.75) is 34.6 Å². The van der Waals surface area contributed by atoms with Gasteiger partial charge in [0.25, 0.3) is 0 Å². The van der Waals surface area contributed by atoms with Crippen LogP contribution in [0.3, 0.4) is 0 Å². The van der Waals surface area contributed by atoms with Crippen LogP contribution >= 0.6 is 0 Å². The van der Waals surface area contributed by atoms with Crippen LogP contribution < -0.4 is 5.73 Å². The molecule has 0 atom stereocenters. The predicted molar refractivity (Wildman–Crippen MR) is 39.9 cm³/mol. The molecule has 0 rings (SSSR count). The van der Waals surface area contributed by atoms with Crippen molar-refractivity contribution in [3.05, 3.63) is 0 Å². The van der Waals surface area contributed by atoms with Gasteiger partial charge in [0, 0.05) is 0 Å². The highest BCUT2D eigenvalue weighted by molar-refractivity contribution is 4.59. The maximum Gasteiger partial charge on any atom is -0.00285 e. The molecule has 0 saturated carbocycles. The number of nitrogens with two attached hydrogens (primary N) is 1. The Bertz CT molecular complexity index is 34.1. The van der Waals surface area contributed by atoms with E-state index in [4.69, 9.17) is 5.73 Å². The smallest absolute Gasteiger partial charge is 0.00285 e. The Morgan fingerprint density at radius 2 is 1.25 bits per heavy atom. The molecule has 0 unspecified atom stereocenters. The fourth-order valence-corrected chi connectivity index (χ4v) is 0. The normalized spacial score (nSPS) is 9.75. The molecule has 0 aromatic carbocycles. The Hall–Kier alpha value is -0.0400. The lowest BCUT2D eigenvalue weighted by Crippen LogP contribution is -2.18. The van der Waals surface area contributed by atoms with Crippen LogP contribution in [0.5, 0.6) is 0 Å². The first-order valence-corrected chi connectivity index (χ1v) is 3.26. The first kappa shape index (κ1) is 10.9. The second-order valence-electron chi connectivity index (χ2n) is 2.76. The van der Waals surface area contributed by atoms with E-state index in [1.165, 1.54) is 0 Å². The fraction of sp³-hybridized carbons (Fsp3) is 1.00. The lowest BCUT2D eigenvalue weighted by molar-refractivity contribution is 0.428. The zero-order chi connectivity index (χ0) is 7.21. The number of hydrogen-bond donors (Lipinski definition) is 1. The summed E-state index contributed by atoms with van der Waals surface area (Å²) in [7, 11) is 0. The van der Waals surface area contributed by atoms with Crippen molar-refractivity contribution in [2.24, 2.45) is 11.1 Å². The Morgan fingerprint density at radius 1 is 1.12 bits per heavy atom. The van der Waals surface area contributed by atoms with Gasteiger partial charge in [-0.15, -0.1) is 0 Å². The fourth-order valence-electron chi connectivity index (χ4n) is 0. The molecule has 0 aliphatic carbocycles. The maximum atomic E-state index is 5.31. The van der Waals surface area contributed by atoms with Crippen molar-refractivity contribution in [1.82, 2.24) is 0 Å². The average Bonchev–Trinajstić information content (AvgIpc) is 1.71. The summed E-state index contributed by atoms with van der Waals surface area (Å²) in [4.78, 5) is 0. The van der Waals surface area contributed by atoms with Gasteiger partial charge in [-0.1, -0.05) is 34.6 Å². The first-order valence-electron chi connectivity index (χ1n) is 3.26. The van der Waals surface area contributed by atoms with Crippen LogP contribution in [0.2, 0.25) is 0 Å². The molecule has 0 aliphatic rings. The topological polar surface area (TPSA) is 26.0 Å². The van der Waals surface area contributed by atoms with E-state index in [1.807, 2.05) is 13.8 Å². The number of hydrogen-bond acceptors (Lipinski definition) is 1. The van der Waals surface area contributed by atoms with E-state index in [0.717, 1.165) is 6.54 Å². The van der Waals surface area contributed by atoms with E-state index in [9.17, 15) is 0 Å². The van der Waals surface area contributed by atoms with Crippen LogP contribution in [-0.4, -0.2) is 6.54 Å². The molecular weight excluding hydrogens is 98.1 g/mol. The largest absolute Gasteiger partial charge is 0.330 e. The standard InChI is InChI=1S/C5H13N.C2H6/c1-5(2,3)4-6;1-2/h4,6H2,1-3H3;1-2H3. The maximum absolute atomic E-state index is 5.31. The SMILES string of the molecule is CC.CC(C)(C)CN. The lowest BCUT2D eigenvalue weighted by atomic mass is 9.98. The third-order valence-corrected chi connectivity index (χ3v) is 0.612. The van der Waals surface area contributed by atoms with Gasteiger partial charge in [-0.05, 0) is 12.0 Å². The lowest BCUT2D eigenvalue weighted by Gasteiger charge is -2.12. The Labute approximate surface area is 53.3 Å². The zero-order valence-electron chi connectivity index (χ0n) is 6.78. The van der Waals surface area contributed by atoms with Crippen LogP contribution in [0.4, 0.5) is 0 Å². The van der Waals surface area contributed by atoms with Crippen LogP contribution in [-0.2, 0) is 0 Å². The molecule has 0 amide bonds. The summed E-state index contributed by atoms with van der Waals surface area (Å²) in [5, 5.41) is 0. The number of rotatable bonds is 0. The molecule has 1 nitrogen and oxygen atoms in total. The van der Waals surface area contributed by atoms with Crippen LogP contribution in [0.1, 0.15) is 34.6 Å². The highest BCUT2D eigenvalue weighted by atomic mass is 14.6. The van der Waals surface area contributed by atoms with E-state index in [-0.39, 0.29) is 0 Å². The van der Waals surface area contributed by atoms with Gasteiger partial charge in [0.15, 0.2) is 0 Å². The van der Waals surface area contributed by atoms with E-state index >= 15 is 0 Å². The second-order valence-corrected chi connectivity index (χ2v) is 2.76. The van der Waals surface area contributed by atoms with Crippen LogP contribution in [0, 0.1) is 5.41 Å². The molecule has 8 heavy (non-hydrogen) atoms. The van der Waals surface area contributed by atoms with Crippen molar-refractivity contribution in [3.8, 4) is 0 Å². The highest BCUT2D eigenvalue weighted by Crippen LogP contribution is 2.07. The predicted octanol–water partition coefficient (Wildman–Crippen LogP) is 2.02. The summed E-state index contributed by atoms with van der Waals surface area (Å²) in [6.45, 7) is 11.1. The van der Waals surface area contributed by atoms with Crippen LogP contribution in [0.15, 0.2) is 0 Å². The molecule has 0 aromatic rings. The summed E-state index contributed by atoms with van der Waals surface area (Å²) in [6, 6.07) is 0. The summed E-state index contributed by atoms with van der Waals surface area (Å²) >= 11 is 0. The van der Waals surface area contributed by atoms with E-state index in [0.29, 0.717) is 5.41 Å². The summed E-state index contributed by atoms with van der Waals surface area (Å²) in [6.07, 6.45) is 0.